The summed E-state index contributed by atoms with van der Waals surface area (Å²) in [6, 6.07) is 10.4. The maximum absolute atomic E-state index is 13.0. The quantitative estimate of drug-likeness (QED) is 0.290. The number of amides is 1. The van der Waals surface area contributed by atoms with Crippen molar-refractivity contribution in [1.82, 2.24) is 4.90 Å². The molecular formula is C27H31NO7. The van der Waals surface area contributed by atoms with Crippen LogP contribution in [0.15, 0.2) is 59.9 Å². The number of carbonyl (C=O) groups excluding carboxylic acids is 2. The second-order valence-electron chi connectivity index (χ2n) is 7.59. The van der Waals surface area contributed by atoms with Crippen LogP contribution < -0.4 is 18.9 Å². The average Bonchev–Trinajstić information content (AvgIpc) is 2.88. The molecule has 0 aliphatic rings. The number of hydrogen-bond donors (Lipinski definition) is 1. The van der Waals surface area contributed by atoms with Gasteiger partial charge in [0, 0.05) is 14.1 Å². The maximum atomic E-state index is 13.0. The predicted octanol–water partition coefficient (Wildman–Crippen LogP) is 4.31. The molecule has 2 aromatic rings. The van der Waals surface area contributed by atoms with Crippen LogP contribution >= 0.6 is 0 Å². The van der Waals surface area contributed by atoms with Crippen molar-refractivity contribution in [3.63, 3.8) is 0 Å². The lowest BCUT2D eigenvalue weighted by atomic mass is 10.0. The molecule has 0 bridgehead atoms. The standard InChI is InChI=1S/C27H31NO7/c1-28(2)27(31)17-20(21(29)11-7-18-9-13-23(32-3)25(15-18)34-5)22(30)12-8-19-10-14-24(33-4)26(16-19)35-6/h7-16,29H,17H2,1-6H3/b11-7+,12-8+,21-20?. The van der Waals surface area contributed by atoms with Gasteiger partial charge in [-0.2, -0.15) is 0 Å². The Labute approximate surface area is 205 Å². The van der Waals surface area contributed by atoms with Crippen molar-refractivity contribution in [2.45, 2.75) is 6.42 Å². The molecule has 0 aliphatic heterocycles. The molecule has 0 saturated carbocycles. The van der Waals surface area contributed by atoms with Gasteiger partial charge < -0.3 is 29.0 Å². The van der Waals surface area contributed by atoms with E-state index in [4.69, 9.17) is 18.9 Å². The van der Waals surface area contributed by atoms with Gasteiger partial charge in [-0.15, -0.1) is 0 Å². The first-order chi connectivity index (χ1) is 16.7. The molecule has 8 heteroatoms. The highest BCUT2D eigenvalue weighted by Gasteiger charge is 2.17. The largest absolute Gasteiger partial charge is 0.508 e. The number of ether oxygens (including phenoxy) is 4. The summed E-state index contributed by atoms with van der Waals surface area (Å²) in [7, 11) is 9.29. The molecule has 0 unspecified atom stereocenters. The Morgan fingerprint density at radius 3 is 1.66 bits per heavy atom. The fraction of sp³-hybridized carbons (Fsp3) is 0.259. The van der Waals surface area contributed by atoms with Crippen LogP contribution in [-0.2, 0) is 9.59 Å². The zero-order chi connectivity index (χ0) is 26.0. The zero-order valence-electron chi connectivity index (χ0n) is 20.8. The van der Waals surface area contributed by atoms with Crippen LogP contribution in [0.1, 0.15) is 17.5 Å². The monoisotopic (exact) mass is 481 g/mol. The van der Waals surface area contributed by atoms with Gasteiger partial charge in [0.1, 0.15) is 5.76 Å². The third kappa shape index (κ3) is 7.40. The third-order valence-electron chi connectivity index (χ3n) is 5.11. The highest BCUT2D eigenvalue weighted by atomic mass is 16.5. The number of benzene rings is 2. The lowest BCUT2D eigenvalue weighted by Crippen LogP contribution is -2.23. The third-order valence-corrected chi connectivity index (χ3v) is 5.11. The van der Waals surface area contributed by atoms with Crippen LogP contribution in [0.3, 0.4) is 0 Å². The summed E-state index contributed by atoms with van der Waals surface area (Å²) in [5.41, 5.74) is 1.37. The maximum Gasteiger partial charge on any atom is 0.226 e. The number of aliphatic hydroxyl groups is 1. The molecule has 0 aromatic heterocycles. The number of ketones is 1. The second-order valence-corrected chi connectivity index (χ2v) is 7.59. The summed E-state index contributed by atoms with van der Waals surface area (Å²) in [5.74, 6) is 1.04. The van der Waals surface area contributed by atoms with E-state index in [0.29, 0.717) is 34.1 Å². The van der Waals surface area contributed by atoms with E-state index in [0.717, 1.165) is 0 Å². The Kier molecular flexibility index (Phi) is 9.96. The topological polar surface area (TPSA) is 94.5 Å². The van der Waals surface area contributed by atoms with Gasteiger partial charge in [-0.1, -0.05) is 24.3 Å². The van der Waals surface area contributed by atoms with Gasteiger partial charge in [0.2, 0.25) is 5.91 Å². The number of methoxy groups -OCH3 is 4. The lowest BCUT2D eigenvalue weighted by Gasteiger charge is -2.12. The first-order valence-electron chi connectivity index (χ1n) is 10.7. The summed E-state index contributed by atoms with van der Waals surface area (Å²) in [4.78, 5) is 26.7. The van der Waals surface area contributed by atoms with E-state index in [2.05, 4.69) is 0 Å². The summed E-state index contributed by atoms with van der Waals surface area (Å²) in [5, 5.41) is 10.7. The minimum atomic E-state index is -0.496. The van der Waals surface area contributed by atoms with Crippen LogP contribution in [0.5, 0.6) is 23.0 Å². The Bertz CT molecular complexity index is 1150. The average molecular weight is 482 g/mol. The van der Waals surface area contributed by atoms with E-state index in [1.54, 1.807) is 62.6 Å². The number of allylic oxidation sites excluding steroid dienone is 2. The van der Waals surface area contributed by atoms with Crippen molar-refractivity contribution in [2.24, 2.45) is 0 Å². The summed E-state index contributed by atoms with van der Waals surface area (Å²) in [6.07, 6.45) is 5.62. The smallest absolute Gasteiger partial charge is 0.226 e. The van der Waals surface area contributed by atoms with E-state index >= 15 is 0 Å². The van der Waals surface area contributed by atoms with E-state index in [1.807, 2.05) is 0 Å². The van der Waals surface area contributed by atoms with Crippen molar-refractivity contribution in [2.75, 3.05) is 42.5 Å². The summed E-state index contributed by atoms with van der Waals surface area (Å²) >= 11 is 0. The molecule has 2 aromatic carbocycles. The van der Waals surface area contributed by atoms with Gasteiger partial charge in [0.15, 0.2) is 28.8 Å². The molecule has 0 fully saturated rings. The molecule has 1 amide bonds. The van der Waals surface area contributed by atoms with Crippen LogP contribution in [0.25, 0.3) is 12.2 Å². The number of carbonyl (C=O) groups is 2. The molecule has 1 N–H and O–H groups in total. The molecular weight excluding hydrogens is 450 g/mol. The number of hydrogen-bond acceptors (Lipinski definition) is 7. The van der Waals surface area contributed by atoms with Gasteiger partial charge in [0.25, 0.3) is 0 Å². The predicted molar refractivity (Wildman–Crippen MR) is 135 cm³/mol. The summed E-state index contributed by atoms with van der Waals surface area (Å²) < 4.78 is 21.0. The Hall–Kier alpha value is -4.20. The molecule has 186 valence electrons. The highest BCUT2D eigenvalue weighted by Crippen LogP contribution is 2.29. The molecule has 0 aliphatic carbocycles. The fourth-order valence-electron chi connectivity index (χ4n) is 3.07. The first-order valence-corrected chi connectivity index (χ1v) is 10.7. The van der Waals surface area contributed by atoms with Gasteiger partial charge in [-0.05, 0) is 47.5 Å². The second kappa shape index (κ2) is 12.9. The van der Waals surface area contributed by atoms with E-state index in [9.17, 15) is 14.7 Å². The van der Waals surface area contributed by atoms with E-state index in [-0.39, 0.29) is 23.7 Å². The number of nitrogens with zero attached hydrogens (tertiary/aromatic N) is 1. The SMILES string of the molecule is COc1ccc(/C=C/C(=O)C(CC(=O)N(C)C)=C(O)/C=C/c2ccc(OC)c(OC)c2)cc1OC. The Morgan fingerprint density at radius 2 is 1.23 bits per heavy atom. The minimum Gasteiger partial charge on any atom is -0.508 e. The van der Waals surface area contributed by atoms with Crippen molar-refractivity contribution in [3.8, 4) is 23.0 Å². The van der Waals surface area contributed by atoms with Gasteiger partial charge in [0.05, 0.1) is 40.4 Å². The van der Waals surface area contributed by atoms with Gasteiger partial charge in [-0.25, -0.2) is 0 Å². The van der Waals surface area contributed by atoms with Crippen LogP contribution in [0, 0.1) is 0 Å². The Balaban J connectivity index is 2.37. The molecule has 0 atom stereocenters. The van der Waals surface area contributed by atoms with Crippen LogP contribution in [0.4, 0.5) is 0 Å². The van der Waals surface area contributed by atoms with Gasteiger partial charge >= 0.3 is 0 Å². The molecule has 2 rings (SSSR count). The zero-order valence-corrected chi connectivity index (χ0v) is 20.8. The molecule has 35 heavy (non-hydrogen) atoms. The van der Waals surface area contributed by atoms with Crippen molar-refractivity contribution >= 4 is 23.8 Å². The van der Waals surface area contributed by atoms with Crippen molar-refractivity contribution in [3.05, 3.63) is 71.0 Å². The number of rotatable bonds is 11. The molecule has 0 spiro atoms. The molecule has 0 saturated heterocycles. The normalized spacial score (nSPS) is 11.8. The van der Waals surface area contributed by atoms with Crippen LogP contribution in [0.2, 0.25) is 0 Å². The fourth-order valence-corrected chi connectivity index (χ4v) is 3.07. The highest BCUT2D eigenvalue weighted by molar-refractivity contribution is 6.09. The Morgan fingerprint density at radius 1 is 0.771 bits per heavy atom. The summed E-state index contributed by atoms with van der Waals surface area (Å²) in [6.45, 7) is 0. The van der Waals surface area contributed by atoms with E-state index < -0.39 is 5.78 Å². The van der Waals surface area contributed by atoms with Crippen molar-refractivity contribution < 1.29 is 33.6 Å². The molecule has 8 nitrogen and oxygen atoms in total. The van der Waals surface area contributed by atoms with Crippen molar-refractivity contribution in [1.29, 1.82) is 0 Å². The first kappa shape index (κ1) is 27.0. The van der Waals surface area contributed by atoms with Crippen LogP contribution in [-0.4, -0.2) is 64.2 Å². The van der Waals surface area contributed by atoms with Gasteiger partial charge in [-0.3, -0.25) is 9.59 Å². The minimum absolute atomic E-state index is 0.0304. The lowest BCUT2D eigenvalue weighted by molar-refractivity contribution is -0.128. The molecule has 0 heterocycles. The number of aliphatic hydroxyl groups excluding tert-OH is 1. The molecule has 0 radical (unpaired) electrons. The van der Waals surface area contributed by atoms with E-state index in [1.165, 1.54) is 45.5 Å².